The van der Waals surface area contributed by atoms with E-state index in [1.165, 1.54) is 0 Å². The van der Waals surface area contributed by atoms with Crippen molar-refractivity contribution in [2.45, 2.75) is 44.6 Å². The Morgan fingerprint density at radius 3 is 2.33 bits per heavy atom. The molecule has 0 aliphatic heterocycles. The summed E-state index contributed by atoms with van der Waals surface area (Å²) < 4.78 is 5.32. The van der Waals surface area contributed by atoms with Crippen molar-refractivity contribution in [2.24, 2.45) is 0 Å². The fourth-order valence-electron chi connectivity index (χ4n) is 2.71. The van der Waals surface area contributed by atoms with Crippen LogP contribution in [-0.4, -0.2) is 29.1 Å². The summed E-state index contributed by atoms with van der Waals surface area (Å²) in [5.74, 6) is -0.594. The number of carboxylic acid groups (broad SMARTS) is 1. The third-order valence-corrected chi connectivity index (χ3v) is 3.90. The molecule has 2 N–H and O–H groups in total. The highest BCUT2D eigenvalue weighted by Crippen LogP contribution is 2.29. The summed E-state index contributed by atoms with van der Waals surface area (Å²) in [6.07, 6.45) is 3.66. The molecule has 0 atom stereocenters. The molecule has 0 unspecified atom stereocenters. The summed E-state index contributed by atoms with van der Waals surface area (Å²) in [5.41, 5.74) is -0.668. The molecule has 0 saturated heterocycles. The summed E-state index contributed by atoms with van der Waals surface area (Å²) in [7, 11) is 0. The zero-order valence-electron chi connectivity index (χ0n) is 12.2. The van der Waals surface area contributed by atoms with Crippen molar-refractivity contribution in [3.05, 3.63) is 29.8 Å². The van der Waals surface area contributed by atoms with Crippen molar-refractivity contribution >= 4 is 11.9 Å². The number of rotatable bonds is 5. The smallest absolute Gasteiger partial charge is 0.329 e. The van der Waals surface area contributed by atoms with Gasteiger partial charge in [0.2, 0.25) is 0 Å². The Morgan fingerprint density at radius 2 is 1.81 bits per heavy atom. The van der Waals surface area contributed by atoms with Crippen molar-refractivity contribution < 1.29 is 19.4 Å². The van der Waals surface area contributed by atoms with Crippen LogP contribution < -0.4 is 10.1 Å². The third-order valence-electron chi connectivity index (χ3n) is 3.90. The molecule has 0 spiro atoms. The SMILES string of the molecule is CCOc1ccc(C(=O)NC2(C(=O)O)CCCCC2)cc1. The number of ether oxygens (including phenoxy) is 1. The highest BCUT2D eigenvalue weighted by Gasteiger charge is 2.41. The predicted molar refractivity (Wildman–Crippen MR) is 78.5 cm³/mol. The second-order valence-electron chi connectivity index (χ2n) is 5.36. The lowest BCUT2D eigenvalue weighted by Crippen LogP contribution is -2.55. The second kappa shape index (κ2) is 6.61. The minimum absolute atomic E-state index is 0.345. The molecule has 1 aromatic carbocycles. The molecule has 5 heteroatoms. The van der Waals surface area contributed by atoms with Gasteiger partial charge in [-0.3, -0.25) is 4.79 Å². The van der Waals surface area contributed by atoms with Crippen molar-refractivity contribution in [2.75, 3.05) is 6.61 Å². The minimum Gasteiger partial charge on any atom is -0.494 e. The normalized spacial score (nSPS) is 17.0. The maximum Gasteiger partial charge on any atom is 0.329 e. The van der Waals surface area contributed by atoms with E-state index < -0.39 is 11.5 Å². The van der Waals surface area contributed by atoms with Crippen LogP contribution in [0.25, 0.3) is 0 Å². The van der Waals surface area contributed by atoms with E-state index in [0.29, 0.717) is 30.8 Å². The summed E-state index contributed by atoms with van der Waals surface area (Å²) in [4.78, 5) is 23.8. The van der Waals surface area contributed by atoms with Crippen molar-refractivity contribution in [3.8, 4) is 5.75 Å². The van der Waals surface area contributed by atoms with Crippen LogP contribution in [0.15, 0.2) is 24.3 Å². The highest BCUT2D eigenvalue weighted by molar-refractivity contribution is 5.98. The number of carboxylic acids is 1. The van der Waals surface area contributed by atoms with E-state index in [0.717, 1.165) is 19.3 Å². The zero-order chi connectivity index (χ0) is 15.3. The van der Waals surface area contributed by atoms with E-state index in [2.05, 4.69) is 5.32 Å². The Balaban J connectivity index is 2.10. The molecular weight excluding hydrogens is 270 g/mol. The van der Waals surface area contributed by atoms with Crippen LogP contribution in [0, 0.1) is 0 Å². The van der Waals surface area contributed by atoms with E-state index in [9.17, 15) is 14.7 Å². The van der Waals surface area contributed by atoms with E-state index >= 15 is 0 Å². The third kappa shape index (κ3) is 3.54. The van der Waals surface area contributed by atoms with Gasteiger partial charge in [0, 0.05) is 5.56 Å². The maximum atomic E-state index is 12.3. The molecular formula is C16H21NO4. The summed E-state index contributed by atoms with van der Waals surface area (Å²) >= 11 is 0. The summed E-state index contributed by atoms with van der Waals surface area (Å²) in [6, 6.07) is 6.73. The molecule has 1 aliphatic carbocycles. The average molecular weight is 291 g/mol. The number of benzene rings is 1. The highest BCUT2D eigenvalue weighted by atomic mass is 16.5. The van der Waals surface area contributed by atoms with E-state index in [1.807, 2.05) is 6.92 Å². The van der Waals surface area contributed by atoms with Crippen LogP contribution in [0.3, 0.4) is 0 Å². The monoisotopic (exact) mass is 291 g/mol. The Morgan fingerprint density at radius 1 is 1.19 bits per heavy atom. The van der Waals surface area contributed by atoms with Crippen LogP contribution in [-0.2, 0) is 4.79 Å². The van der Waals surface area contributed by atoms with Crippen LogP contribution in [0.5, 0.6) is 5.75 Å². The molecule has 0 aromatic heterocycles. The molecule has 1 amide bonds. The van der Waals surface area contributed by atoms with Gasteiger partial charge in [-0.1, -0.05) is 19.3 Å². The Kier molecular flexibility index (Phi) is 4.83. The van der Waals surface area contributed by atoms with E-state index in [-0.39, 0.29) is 5.91 Å². The number of nitrogens with one attached hydrogen (secondary N) is 1. The van der Waals surface area contributed by atoms with Gasteiger partial charge >= 0.3 is 5.97 Å². The molecule has 1 aliphatic rings. The van der Waals surface area contributed by atoms with Crippen molar-refractivity contribution in [1.29, 1.82) is 0 Å². The van der Waals surface area contributed by atoms with Gasteiger partial charge in [0.05, 0.1) is 6.61 Å². The number of aliphatic carboxylic acids is 1. The van der Waals surface area contributed by atoms with Crippen molar-refractivity contribution in [3.63, 3.8) is 0 Å². The molecule has 1 fully saturated rings. The number of hydrogen-bond donors (Lipinski definition) is 2. The molecule has 1 aromatic rings. The Labute approximate surface area is 124 Å². The first-order valence-electron chi connectivity index (χ1n) is 7.36. The van der Waals surface area contributed by atoms with Crippen LogP contribution in [0.4, 0.5) is 0 Å². The Bertz CT molecular complexity index is 504. The zero-order valence-corrected chi connectivity index (χ0v) is 12.2. The maximum absolute atomic E-state index is 12.3. The molecule has 0 heterocycles. The second-order valence-corrected chi connectivity index (χ2v) is 5.36. The number of carbonyl (C=O) groups excluding carboxylic acids is 1. The topological polar surface area (TPSA) is 75.6 Å². The predicted octanol–water partition coefficient (Wildman–Crippen LogP) is 2.60. The average Bonchev–Trinajstić information content (AvgIpc) is 2.49. The van der Waals surface area contributed by atoms with Gasteiger partial charge < -0.3 is 15.2 Å². The standard InChI is InChI=1S/C16H21NO4/c1-2-21-13-8-6-12(7-9-13)14(18)17-16(15(19)20)10-4-3-5-11-16/h6-9H,2-5,10-11H2,1H3,(H,17,18)(H,19,20). The van der Waals surface area contributed by atoms with Gasteiger partial charge in [-0.25, -0.2) is 4.79 Å². The van der Waals surface area contributed by atoms with Crippen molar-refractivity contribution in [1.82, 2.24) is 5.32 Å². The number of hydrogen-bond acceptors (Lipinski definition) is 3. The lowest BCUT2D eigenvalue weighted by Gasteiger charge is -2.34. The van der Waals surface area contributed by atoms with Crippen LogP contribution in [0.1, 0.15) is 49.4 Å². The van der Waals surface area contributed by atoms with Gasteiger partial charge in [0.25, 0.3) is 5.91 Å². The molecule has 5 nitrogen and oxygen atoms in total. The largest absolute Gasteiger partial charge is 0.494 e. The lowest BCUT2D eigenvalue weighted by atomic mass is 9.81. The first-order valence-corrected chi connectivity index (χ1v) is 7.36. The number of carbonyl (C=O) groups is 2. The van der Waals surface area contributed by atoms with Crippen LogP contribution in [0.2, 0.25) is 0 Å². The molecule has 0 radical (unpaired) electrons. The van der Waals surface area contributed by atoms with Gasteiger partial charge in [-0.2, -0.15) is 0 Å². The van der Waals surface area contributed by atoms with Gasteiger partial charge in [0.1, 0.15) is 11.3 Å². The Hall–Kier alpha value is -2.04. The molecule has 2 rings (SSSR count). The van der Waals surface area contributed by atoms with Gasteiger partial charge in [-0.05, 0) is 44.0 Å². The lowest BCUT2D eigenvalue weighted by molar-refractivity contribution is -0.145. The fourth-order valence-corrected chi connectivity index (χ4v) is 2.71. The number of amides is 1. The van der Waals surface area contributed by atoms with Gasteiger partial charge in [0.15, 0.2) is 0 Å². The molecule has 21 heavy (non-hydrogen) atoms. The molecule has 114 valence electrons. The molecule has 0 bridgehead atoms. The fraction of sp³-hybridized carbons (Fsp3) is 0.500. The molecule has 1 saturated carbocycles. The van der Waals surface area contributed by atoms with Crippen LogP contribution >= 0.6 is 0 Å². The summed E-state index contributed by atoms with van der Waals surface area (Å²) in [6.45, 7) is 2.45. The first-order chi connectivity index (χ1) is 10.1. The van der Waals surface area contributed by atoms with E-state index in [4.69, 9.17) is 4.74 Å². The first kappa shape index (κ1) is 15.4. The quantitative estimate of drug-likeness (QED) is 0.874. The van der Waals surface area contributed by atoms with E-state index in [1.54, 1.807) is 24.3 Å². The minimum atomic E-state index is -1.12. The van der Waals surface area contributed by atoms with Gasteiger partial charge in [-0.15, -0.1) is 0 Å². The summed E-state index contributed by atoms with van der Waals surface area (Å²) in [5, 5.41) is 12.2.